The predicted molar refractivity (Wildman–Crippen MR) is 123 cm³/mol. The Hall–Kier alpha value is -2.81. The van der Waals surface area contributed by atoms with E-state index in [0.29, 0.717) is 57.8 Å². The van der Waals surface area contributed by atoms with Gasteiger partial charge < -0.3 is 21.1 Å². The van der Waals surface area contributed by atoms with Crippen LogP contribution in [0.2, 0.25) is 10.0 Å². The van der Waals surface area contributed by atoms with Gasteiger partial charge in [-0.2, -0.15) is 4.98 Å². The lowest BCUT2D eigenvalue weighted by Gasteiger charge is -2.34. The number of nitrogens with zero attached hydrogens (tertiary/aromatic N) is 4. The number of rotatable bonds is 5. The normalized spacial score (nSPS) is 14.7. The summed E-state index contributed by atoms with van der Waals surface area (Å²) >= 11 is 12.0. The van der Waals surface area contributed by atoms with Crippen LogP contribution in [0.15, 0.2) is 36.4 Å². The first-order chi connectivity index (χ1) is 14.9. The van der Waals surface area contributed by atoms with E-state index < -0.39 is 0 Å². The summed E-state index contributed by atoms with van der Waals surface area (Å²) < 4.78 is 5.96. The summed E-state index contributed by atoms with van der Waals surface area (Å²) in [6, 6.07) is 10.5. The van der Waals surface area contributed by atoms with Crippen molar-refractivity contribution < 1.29 is 9.53 Å². The quantitative estimate of drug-likeness (QED) is 0.601. The zero-order valence-electron chi connectivity index (χ0n) is 16.7. The van der Waals surface area contributed by atoms with Crippen molar-refractivity contribution in [3.63, 3.8) is 0 Å². The molecule has 0 saturated carbocycles. The second-order valence-corrected chi connectivity index (χ2v) is 8.04. The number of carbonyl (C=O) groups is 1. The van der Waals surface area contributed by atoms with Gasteiger partial charge in [0.05, 0.1) is 20.9 Å². The molecule has 2 aromatic carbocycles. The minimum atomic E-state index is -0.0417. The topological polar surface area (TPSA) is 111 Å². The Morgan fingerprint density at radius 3 is 2.55 bits per heavy atom. The number of nitrogens with two attached hydrogens (primary N) is 2. The molecule has 0 unspecified atom stereocenters. The van der Waals surface area contributed by atoms with Gasteiger partial charge in [0.1, 0.15) is 18.2 Å². The number of hydrogen-bond donors (Lipinski definition) is 2. The molecule has 4 rings (SSSR count). The molecule has 4 N–H and O–H groups in total. The second kappa shape index (κ2) is 9.13. The van der Waals surface area contributed by atoms with Crippen LogP contribution in [0.5, 0.6) is 5.75 Å². The number of ether oxygens (including phenoxy) is 1. The Bertz CT molecular complexity index is 1120. The number of halogens is 2. The van der Waals surface area contributed by atoms with Crippen molar-refractivity contribution in [1.82, 2.24) is 19.8 Å². The highest BCUT2D eigenvalue weighted by atomic mass is 35.5. The van der Waals surface area contributed by atoms with Crippen molar-refractivity contribution in [2.75, 3.05) is 50.8 Å². The van der Waals surface area contributed by atoms with Gasteiger partial charge in [-0.3, -0.25) is 9.69 Å². The minimum Gasteiger partial charge on any atom is -0.491 e. The maximum absolute atomic E-state index is 12.7. The zero-order valence-corrected chi connectivity index (χ0v) is 18.2. The molecule has 31 heavy (non-hydrogen) atoms. The molecule has 0 bridgehead atoms. The molecule has 0 radical (unpaired) electrons. The third-order valence-electron chi connectivity index (χ3n) is 5.22. The number of hydrogen-bond acceptors (Lipinski definition) is 7. The molecule has 1 aliphatic heterocycles. The van der Waals surface area contributed by atoms with Crippen LogP contribution in [-0.2, 0) is 0 Å². The van der Waals surface area contributed by atoms with E-state index in [0.717, 1.165) is 19.6 Å². The first kappa shape index (κ1) is 21.4. The summed E-state index contributed by atoms with van der Waals surface area (Å²) in [5, 5.41) is 1.48. The van der Waals surface area contributed by atoms with Gasteiger partial charge in [-0.15, -0.1) is 0 Å². The largest absolute Gasteiger partial charge is 0.491 e. The summed E-state index contributed by atoms with van der Waals surface area (Å²) in [5.74, 6) is 1.02. The van der Waals surface area contributed by atoms with Crippen LogP contribution in [0.3, 0.4) is 0 Å². The molecule has 2 heterocycles. The predicted octanol–water partition coefficient (Wildman–Crippen LogP) is 2.94. The fourth-order valence-electron chi connectivity index (χ4n) is 3.59. The molecule has 1 fully saturated rings. The lowest BCUT2D eigenvalue weighted by molar-refractivity contribution is 0.0620. The molecule has 0 aliphatic carbocycles. The van der Waals surface area contributed by atoms with Gasteiger partial charge in [-0.25, -0.2) is 4.98 Å². The third-order valence-corrected chi connectivity index (χ3v) is 5.96. The molecule has 8 nitrogen and oxygen atoms in total. The number of amides is 1. The third kappa shape index (κ3) is 4.76. The molecular weight excluding hydrogens is 439 g/mol. The molecular formula is C21H22Cl2N6O2. The monoisotopic (exact) mass is 460 g/mol. The molecule has 0 atom stereocenters. The van der Waals surface area contributed by atoms with Crippen LogP contribution in [0.25, 0.3) is 10.9 Å². The zero-order chi connectivity index (χ0) is 22.0. The molecule has 10 heteroatoms. The van der Waals surface area contributed by atoms with Crippen LogP contribution in [0.1, 0.15) is 10.4 Å². The van der Waals surface area contributed by atoms with Crippen molar-refractivity contribution >= 4 is 51.8 Å². The van der Waals surface area contributed by atoms with Crippen molar-refractivity contribution in [3.05, 3.63) is 52.0 Å². The van der Waals surface area contributed by atoms with Gasteiger partial charge in [0.2, 0.25) is 5.95 Å². The van der Waals surface area contributed by atoms with Gasteiger partial charge in [0.25, 0.3) is 5.91 Å². The minimum absolute atomic E-state index is 0.0417. The van der Waals surface area contributed by atoms with Gasteiger partial charge in [-0.05, 0) is 30.3 Å². The fraction of sp³-hybridized carbons (Fsp3) is 0.286. The maximum Gasteiger partial charge on any atom is 0.253 e. The lowest BCUT2D eigenvalue weighted by Crippen LogP contribution is -2.49. The van der Waals surface area contributed by atoms with Crippen LogP contribution in [0, 0.1) is 0 Å². The van der Waals surface area contributed by atoms with Gasteiger partial charge in [0, 0.05) is 38.3 Å². The van der Waals surface area contributed by atoms with E-state index in [9.17, 15) is 4.79 Å². The van der Waals surface area contributed by atoms with E-state index in [1.165, 1.54) is 0 Å². The molecule has 1 aliphatic rings. The van der Waals surface area contributed by atoms with Crippen LogP contribution >= 0.6 is 23.2 Å². The van der Waals surface area contributed by atoms with Crippen LogP contribution in [0.4, 0.5) is 11.8 Å². The number of piperazine rings is 1. The first-order valence-electron chi connectivity index (χ1n) is 9.83. The van der Waals surface area contributed by atoms with Crippen molar-refractivity contribution in [2.45, 2.75) is 0 Å². The van der Waals surface area contributed by atoms with Gasteiger partial charge >= 0.3 is 0 Å². The van der Waals surface area contributed by atoms with Crippen molar-refractivity contribution in [1.29, 1.82) is 0 Å². The van der Waals surface area contributed by atoms with E-state index in [4.69, 9.17) is 39.4 Å². The smallest absolute Gasteiger partial charge is 0.253 e. The molecule has 1 saturated heterocycles. The first-order valence-corrected chi connectivity index (χ1v) is 10.6. The number of fused-ring (bicyclic) bond motifs is 1. The molecule has 1 amide bonds. The highest BCUT2D eigenvalue weighted by molar-refractivity contribution is 6.42. The Morgan fingerprint density at radius 2 is 1.81 bits per heavy atom. The highest BCUT2D eigenvalue weighted by Crippen LogP contribution is 2.29. The summed E-state index contributed by atoms with van der Waals surface area (Å²) in [5.41, 5.74) is 12.9. The van der Waals surface area contributed by atoms with Crippen molar-refractivity contribution in [3.8, 4) is 5.75 Å². The highest BCUT2D eigenvalue weighted by Gasteiger charge is 2.22. The summed E-state index contributed by atoms with van der Waals surface area (Å²) in [6.07, 6.45) is 0. The van der Waals surface area contributed by atoms with E-state index in [1.54, 1.807) is 18.2 Å². The maximum atomic E-state index is 12.7. The van der Waals surface area contributed by atoms with E-state index in [-0.39, 0.29) is 11.9 Å². The average Bonchev–Trinajstić information content (AvgIpc) is 2.75. The SMILES string of the molecule is Nc1nc(N)c2c(OCCN3CCN(C(=O)c4ccc(Cl)c(Cl)c4)CC3)cccc2n1. The number of benzene rings is 2. The average molecular weight is 461 g/mol. The summed E-state index contributed by atoms with van der Waals surface area (Å²) in [4.78, 5) is 25.0. The number of aromatic nitrogens is 2. The molecule has 0 spiro atoms. The number of anilines is 2. The van der Waals surface area contributed by atoms with E-state index >= 15 is 0 Å². The van der Waals surface area contributed by atoms with Gasteiger partial charge in [0.15, 0.2) is 0 Å². The molecule has 3 aromatic rings. The van der Waals surface area contributed by atoms with Crippen molar-refractivity contribution in [2.24, 2.45) is 0 Å². The lowest BCUT2D eigenvalue weighted by atomic mass is 10.2. The van der Waals surface area contributed by atoms with E-state index in [1.807, 2.05) is 23.1 Å². The Balaban J connectivity index is 1.31. The number of nitrogen functional groups attached to an aromatic ring is 2. The van der Waals surface area contributed by atoms with Gasteiger partial charge in [-0.1, -0.05) is 29.3 Å². The Labute approximate surface area is 189 Å². The second-order valence-electron chi connectivity index (χ2n) is 7.23. The molecule has 162 valence electrons. The van der Waals surface area contributed by atoms with Crippen LogP contribution in [-0.4, -0.2) is 65.0 Å². The Morgan fingerprint density at radius 1 is 1.03 bits per heavy atom. The summed E-state index contributed by atoms with van der Waals surface area (Å²) in [6.45, 7) is 3.98. The Kier molecular flexibility index (Phi) is 6.31. The molecule has 1 aromatic heterocycles. The summed E-state index contributed by atoms with van der Waals surface area (Å²) in [7, 11) is 0. The number of carbonyl (C=O) groups excluding carboxylic acids is 1. The standard InChI is InChI=1S/C21H22Cl2N6O2/c22-14-5-4-13(12-15(14)23)20(30)29-8-6-28(7-9-29)10-11-31-17-3-1-2-16-18(17)19(24)27-21(25)26-16/h1-5,12H,6-11H2,(H4,24,25,26,27). The van der Waals surface area contributed by atoms with Crippen LogP contribution < -0.4 is 16.2 Å². The van der Waals surface area contributed by atoms with E-state index in [2.05, 4.69) is 14.9 Å². The fourth-order valence-corrected chi connectivity index (χ4v) is 3.89.